The summed E-state index contributed by atoms with van der Waals surface area (Å²) in [6, 6.07) is 9.93. The fourth-order valence-corrected chi connectivity index (χ4v) is 2.03. The Kier molecular flexibility index (Phi) is 2.29. The van der Waals surface area contributed by atoms with Gasteiger partial charge in [-0.2, -0.15) is 0 Å². The van der Waals surface area contributed by atoms with Crippen LogP contribution in [0.1, 0.15) is 32.4 Å². The van der Waals surface area contributed by atoms with E-state index >= 15 is 0 Å². The highest BCUT2D eigenvalue weighted by Crippen LogP contribution is 2.46. The molecule has 2 nitrogen and oxygen atoms in total. The van der Waals surface area contributed by atoms with Crippen LogP contribution in [0.15, 0.2) is 30.3 Å². The molecule has 0 bridgehead atoms. The maximum absolute atomic E-state index is 11.4. The zero-order valence-electron chi connectivity index (χ0n) is 9.36. The van der Waals surface area contributed by atoms with E-state index in [2.05, 4.69) is 20.8 Å². The molecule has 1 aromatic rings. The first-order valence-corrected chi connectivity index (χ1v) is 5.25. The first-order chi connectivity index (χ1) is 7.00. The smallest absolute Gasteiger partial charge is 0.314 e. The van der Waals surface area contributed by atoms with Crippen molar-refractivity contribution < 1.29 is 9.53 Å². The second kappa shape index (κ2) is 3.37. The third-order valence-corrected chi connectivity index (χ3v) is 2.86. The van der Waals surface area contributed by atoms with Gasteiger partial charge in [0.05, 0.1) is 0 Å². The summed E-state index contributed by atoms with van der Waals surface area (Å²) in [5.74, 6) is -0.0868. The molecule has 1 fully saturated rings. The van der Waals surface area contributed by atoms with Crippen molar-refractivity contribution in [3.05, 3.63) is 35.9 Å². The lowest BCUT2D eigenvalue weighted by Crippen LogP contribution is -2.46. The third kappa shape index (κ3) is 1.76. The van der Waals surface area contributed by atoms with Crippen molar-refractivity contribution in [2.45, 2.75) is 26.9 Å². The Balaban J connectivity index is 2.23. The Labute approximate surface area is 90.3 Å². The molecule has 0 amide bonds. The Morgan fingerprint density at radius 1 is 1.13 bits per heavy atom. The van der Waals surface area contributed by atoms with Crippen molar-refractivity contribution in [1.82, 2.24) is 0 Å². The minimum Gasteiger partial charge on any atom is -0.456 e. The molecule has 2 heteroatoms. The molecule has 0 aromatic heterocycles. The molecular formula is C13H16O2. The van der Waals surface area contributed by atoms with Gasteiger partial charge in [-0.15, -0.1) is 0 Å². The maximum Gasteiger partial charge on any atom is 0.314 e. The van der Waals surface area contributed by atoms with Crippen molar-refractivity contribution in [3.8, 4) is 0 Å². The van der Waals surface area contributed by atoms with Crippen molar-refractivity contribution in [3.63, 3.8) is 0 Å². The van der Waals surface area contributed by atoms with Crippen molar-refractivity contribution >= 4 is 5.97 Å². The zero-order valence-corrected chi connectivity index (χ0v) is 9.36. The largest absolute Gasteiger partial charge is 0.456 e. The normalized spacial score (nSPS) is 25.7. The van der Waals surface area contributed by atoms with Gasteiger partial charge in [0.2, 0.25) is 0 Å². The molecule has 0 radical (unpaired) electrons. The van der Waals surface area contributed by atoms with E-state index in [9.17, 15) is 4.79 Å². The molecule has 15 heavy (non-hydrogen) atoms. The van der Waals surface area contributed by atoms with Crippen LogP contribution >= 0.6 is 0 Å². The summed E-state index contributed by atoms with van der Waals surface area (Å²) in [5, 5.41) is 0. The van der Waals surface area contributed by atoms with Crippen molar-refractivity contribution in [2.75, 3.05) is 0 Å². The number of benzene rings is 1. The molecule has 0 unspecified atom stereocenters. The molecule has 0 aliphatic carbocycles. The fourth-order valence-electron chi connectivity index (χ4n) is 2.03. The van der Waals surface area contributed by atoms with Crippen LogP contribution in [-0.2, 0) is 9.53 Å². The summed E-state index contributed by atoms with van der Waals surface area (Å²) in [4.78, 5) is 11.4. The fraction of sp³-hybridized carbons (Fsp3) is 0.462. The predicted octanol–water partition coefficient (Wildman–Crippen LogP) is 2.95. The van der Waals surface area contributed by atoms with Crippen LogP contribution in [0.2, 0.25) is 0 Å². The highest BCUT2D eigenvalue weighted by Gasteiger charge is 2.49. The van der Waals surface area contributed by atoms with Gasteiger partial charge in [0.15, 0.2) is 0 Å². The van der Waals surface area contributed by atoms with E-state index in [1.807, 2.05) is 30.3 Å². The van der Waals surface area contributed by atoms with Gasteiger partial charge >= 0.3 is 5.97 Å². The number of hydrogen-bond donors (Lipinski definition) is 0. The number of ether oxygens (including phenoxy) is 1. The minimum atomic E-state index is -0.0728. The van der Waals surface area contributed by atoms with Gasteiger partial charge in [0.25, 0.3) is 0 Å². The lowest BCUT2D eigenvalue weighted by molar-refractivity contribution is -0.197. The molecule has 0 saturated carbocycles. The topological polar surface area (TPSA) is 26.3 Å². The van der Waals surface area contributed by atoms with Gasteiger partial charge in [-0.05, 0) is 11.0 Å². The third-order valence-electron chi connectivity index (χ3n) is 2.86. The molecule has 0 N–H and O–H groups in total. The Hall–Kier alpha value is -1.31. The lowest BCUT2D eigenvalue weighted by Gasteiger charge is -2.43. The maximum atomic E-state index is 11.4. The highest BCUT2D eigenvalue weighted by atomic mass is 16.6. The summed E-state index contributed by atoms with van der Waals surface area (Å²) in [7, 11) is 0. The zero-order chi connectivity index (χ0) is 11.1. The molecule has 2 atom stereocenters. The van der Waals surface area contributed by atoms with Gasteiger partial charge in [-0.25, -0.2) is 0 Å². The Morgan fingerprint density at radius 2 is 1.73 bits per heavy atom. The van der Waals surface area contributed by atoms with E-state index in [0.29, 0.717) is 0 Å². The van der Waals surface area contributed by atoms with Crippen LogP contribution in [-0.4, -0.2) is 5.97 Å². The average molecular weight is 204 g/mol. The number of carbonyl (C=O) groups excluding carboxylic acids is 1. The second-order valence-electron chi connectivity index (χ2n) is 5.11. The van der Waals surface area contributed by atoms with Crippen molar-refractivity contribution in [1.29, 1.82) is 0 Å². The number of cyclic esters (lactones) is 1. The quantitative estimate of drug-likeness (QED) is 0.657. The standard InChI is InChI=1S/C13H16O2/c1-13(2,3)10-11(15-12(10)14)9-7-5-4-6-8-9/h4-8,10-11H,1-3H3/t10-,11-/m1/s1. The first kappa shape index (κ1) is 10.2. The van der Waals surface area contributed by atoms with E-state index < -0.39 is 0 Å². The first-order valence-electron chi connectivity index (χ1n) is 5.25. The van der Waals surface area contributed by atoms with Crippen LogP contribution < -0.4 is 0 Å². The lowest BCUT2D eigenvalue weighted by atomic mass is 9.72. The van der Waals surface area contributed by atoms with E-state index in [1.165, 1.54) is 0 Å². The summed E-state index contributed by atoms with van der Waals surface area (Å²) < 4.78 is 5.23. The molecule has 1 aliphatic heterocycles. The Morgan fingerprint density at radius 3 is 2.20 bits per heavy atom. The number of hydrogen-bond acceptors (Lipinski definition) is 2. The predicted molar refractivity (Wildman–Crippen MR) is 58.2 cm³/mol. The molecule has 1 heterocycles. The summed E-state index contributed by atoms with van der Waals surface area (Å²) in [6.45, 7) is 6.23. The van der Waals surface area contributed by atoms with Crippen LogP contribution in [0.5, 0.6) is 0 Å². The van der Waals surface area contributed by atoms with Gasteiger partial charge in [-0.3, -0.25) is 4.79 Å². The molecule has 1 aromatic carbocycles. The van der Waals surface area contributed by atoms with E-state index in [0.717, 1.165) is 5.56 Å². The molecule has 2 rings (SSSR count). The number of esters is 1. The Bertz CT molecular complexity index is 362. The van der Waals surface area contributed by atoms with Crippen LogP contribution in [0.3, 0.4) is 0 Å². The van der Waals surface area contributed by atoms with Crippen molar-refractivity contribution in [2.24, 2.45) is 11.3 Å². The average Bonchev–Trinajstić information content (AvgIpc) is 2.12. The van der Waals surface area contributed by atoms with Gasteiger partial charge < -0.3 is 4.74 Å². The van der Waals surface area contributed by atoms with Gasteiger partial charge in [0, 0.05) is 0 Å². The highest BCUT2D eigenvalue weighted by molar-refractivity contribution is 5.80. The summed E-state index contributed by atoms with van der Waals surface area (Å²) in [6.07, 6.45) is -0.0568. The van der Waals surface area contributed by atoms with E-state index in [1.54, 1.807) is 0 Å². The molecule has 1 saturated heterocycles. The van der Waals surface area contributed by atoms with Crippen LogP contribution in [0, 0.1) is 11.3 Å². The molecular weight excluding hydrogens is 188 g/mol. The molecule has 80 valence electrons. The number of rotatable bonds is 1. The van der Waals surface area contributed by atoms with Gasteiger partial charge in [0.1, 0.15) is 12.0 Å². The van der Waals surface area contributed by atoms with E-state index in [-0.39, 0.29) is 23.4 Å². The molecule has 0 spiro atoms. The number of carbonyl (C=O) groups is 1. The van der Waals surface area contributed by atoms with E-state index in [4.69, 9.17) is 4.74 Å². The monoisotopic (exact) mass is 204 g/mol. The minimum absolute atomic E-state index is 0.0140. The summed E-state index contributed by atoms with van der Waals surface area (Å²) >= 11 is 0. The molecule has 1 aliphatic rings. The second-order valence-corrected chi connectivity index (χ2v) is 5.11. The SMILES string of the molecule is CC(C)(C)[C@H]1C(=O)O[C@@H]1c1ccccc1. The van der Waals surface area contributed by atoms with Gasteiger partial charge in [-0.1, -0.05) is 51.1 Å². The summed E-state index contributed by atoms with van der Waals surface area (Å²) in [5.41, 5.74) is 1.06. The van der Waals surface area contributed by atoms with Crippen LogP contribution in [0.4, 0.5) is 0 Å². The van der Waals surface area contributed by atoms with Crippen LogP contribution in [0.25, 0.3) is 0 Å².